The highest BCUT2D eigenvalue weighted by Gasteiger charge is 2.30. The third-order valence-electron chi connectivity index (χ3n) is 17.0. The van der Waals surface area contributed by atoms with E-state index in [-0.39, 0.29) is 25.7 Å². The van der Waals surface area contributed by atoms with Gasteiger partial charge in [-0.3, -0.25) is 37.3 Å². The molecule has 0 rings (SSSR count). The average molecular weight is 1550 g/mol. The van der Waals surface area contributed by atoms with Crippen molar-refractivity contribution in [1.82, 2.24) is 0 Å². The van der Waals surface area contributed by atoms with Gasteiger partial charge in [-0.05, 0) is 161 Å². The molecule has 0 radical (unpaired) electrons. The molecular formula is C89H148O17P2. The number of carbonyl (C=O) groups is 4. The van der Waals surface area contributed by atoms with Crippen LogP contribution in [0.15, 0.2) is 158 Å². The van der Waals surface area contributed by atoms with Gasteiger partial charge >= 0.3 is 39.5 Å². The number of allylic oxidation sites excluding steroid dienone is 26. The molecule has 0 heterocycles. The second-order valence-corrected chi connectivity index (χ2v) is 30.3. The summed E-state index contributed by atoms with van der Waals surface area (Å²) >= 11 is 0. The number of rotatable bonds is 77. The van der Waals surface area contributed by atoms with Crippen LogP contribution in [0.2, 0.25) is 0 Å². The van der Waals surface area contributed by atoms with E-state index in [4.69, 9.17) is 37.0 Å². The van der Waals surface area contributed by atoms with Crippen molar-refractivity contribution in [2.24, 2.45) is 0 Å². The minimum absolute atomic E-state index is 0.0290. The first-order chi connectivity index (χ1) is 52.7. The summed E-state index contributed by atoms with van der Waals surface area (Å²) in [5.41, 5.74) is 0. The minimum Gasteiger partial charge on any atom is -0.462 e. The van der Waals surface area contributed by atoms with E-state index in [1.807, 2.05) is 30.4 Å². The fraction of sp³-hybridized carbons (Fsp3) is 0.663. The van der Waals surface area contributed by atoms with Gasteiger partial charge in [-0.15, -0.1) is 0 Å². The molecule has 3 N–H and O–H groups in total. The van der Waals surface area contributed by atoms with E-state index in [2.05, 4.69) is 155 Å². The Morgan fingerprint density at radius 1 is 0.259 bits per heavy atom. The van der Waals surface area contributed by atoms with Gasteiger partial charge in [0.2, 0.25) is 0 Å². The summed E-state index contributed by atoms with van der Waals surface area (Å²) in [6, 6.07) is 0. The number of carbonyl (C=O) groups excluding carboxylic acids is 4. The maximum atomic E-state index is 13.1. The molecular weight excluding hydrogens is 1400 g/mol. The van der Waals surface area contributed by atoms with Crippen molar-refractivity contribution < 1.29 is 80.2 Å². The van der Waals surface area contributed by atoms with Crippen LogP contribution in [0.4, 0.5) is 0 Å². The molecule has 0 aromatic rings. The predicted molar refractivity (Wildman–Crippen MR) is 445 cm³/mol. The molecule has 0 saturated carbocycles. The topological polar surface area (TPSA) is 237 Å². The minimum atomic E-state index is -5.01. The number of phosphoric acid groups is 2. The highest BCUT2D eigenvalue weighted by Crippen LogP contribution is 2.45. The lowest BCUT2D eigenvalue weighted by Gasteiger charge is -2.21. The Hall–Kier alpha value is -5.32. The Kier molecular flexibility index (Phi) is 75.8. The van der Waals surface area contributed by atoms with Gasteiger partial charge in [-0.1, -0.05) is 295 Å². The summed E-state index contributed by atoms with van der Waals surface area (Å²) in [6.45, 7) is 4.60. The van der Waals surface area contributed by atoms with Gasteiger partial charge in [0.15, 0.2) is 12.2 Å². The molecule has 0 amide bonds. The van der Waals surface area contributed by atoms with Gasteiger partial charge in [0.25, 0.3) is 0 Å². The van der Waals surface area contributed by atoms with Crippen molar-refractivity contribution in [1.29, 1.82) is 0 Å². The normalized spacial score (nSPS) is 14.6. The quantitative estimate of drug-likeness (QED) is 0.0169. The molecule has 108 heavy (non-hydrogen) atoms. The van der Waals surface area contributed by atoms with Crippen LogP contribution < -0.4 is 0 Å². The maximum Gasteiger partial charge on any atom is 0.472 e. The van der Waals surface area contributed by atoms with Crippen LogP contribution in [0, 0.1) is 0 Å². The van der Waals surface area contributed by atoms with E-state index in [9.17, 15) is 43.2 Å². The molecule has 5 atom stereocenters. The van der Waals surface area contributed by atoms with E-state index in [1.165, 1.54) is 96.3 Å². The number of aliphatic hydroxyl groups is 1. The SMILES string of the molecule is CCCCC/C=C\C/C=C\C/C=C\C/C=C\C/C=C\CCC(=O)OC[C@H](COP(=O)(O)OC[C@@H](O)COP(=O)(O)OC[C@@H](COC(=O)CC/C=C\C/C=C\C/C=C\C/C=C\C/C=C\CCCCC)OC(=O)CCCCCCC/C=C\CCCCCCCC)OC(=O)CCCCCCC/C=C\C/C=C\CCCCC. The number of unbranched alkanes of at least 4 members (excludes halogenated alkanes) is 25. The van der Waals surface area contributed by atoms with Gasteiger partial charge in [0.1, 0.15) is 19.3 Å². The van der Waals surface area contributed by atoms with E-state index in [1.54, 1.807) is 0 Å². The van der Waals surface area contributed by atoms with Crippen LogP contribution in [0.25, 0.3) is 0 Å². The smallest absolute Gasteiger partial charge is 0.462 e. The molecule has 0 aromatic carbocycles. The van der Waals surface area contributed by atoms with Crippen LogP contribution in [0.3, 0.4) is 0 Å². The summed E-state index contributed by atoms with van der Waals surface area (Å²) in [4.78, 5) is 73.1. The summed E-state index contributed by atoms with van der Waals surface area (Å²) in [5, 5.41) is 10.7. The van der Waals surface area contributed by atoms with E-state index >= 15 is 0 Å². The predicted octanol–water partition coefficient (Wildman–Crippen LogP) is 24.8. The van der Waals surface area contributed by atoms with Crippen LogP contribution in [0.1, 0.15) is 323 Å². The zero-order valence-electron chi connectivity index (χ0n) is 67.5. The van der Waals surface area contributed by atoms with Gasteiger partial charge < -0.3 is 33.8 Å². The summed E-state index contributed by atoms with van der Waals surface area (Å²) in [6.07, 6.45) is 93.8. The molecule has 0 aromatic heterocycles. The Morgan fingerprint density at radius 2 is 0.472 bits per heavy atom. The highest BCUT2D eigenvalue weighted by atomic mass is 31.2. The van der Waals surface area contributed by atoms with Crippen molar-refractivity contribution in [3.05, 3.63) is 158 Å². The lowest BCUT2D eigenvalue weighted by atomic mass is 10.1. The van der Waals surface area contributed by atoms with E-state index in [0.717, 1.165) is 135 Å². The summed E-state index contributed by atoms with van der Waals surface area (Å²) in [5.74, 6) is -2.40. The highest BCUT2D eigenvalue weighted by molar-refractivity contribution is 7.47. The van der Waals surface area contributed by atoms with Gasteiger partial charge in [-0.25, -0.2) is 9.13 Å². The first-order valence-corrected chi connectivity index (χ1v) is 44.7. The number of aliphatic hydroxyl groups excluding tert-OH is 1. The van der Waals surface area contributed by atoms with Gasteiger partial charge in [-0.2, -0.15) is 0 Å². The van der Waals surface area contributed by atoms with Gasteiger partial charge in [0.05, 0.1) is 26.4 Å². The molecule has 0 aliphatic heterocycles. The number of hydrogen-bond donors (Lipinski definition) is 3. The van der Waals surface area contributed by atoms with Crippen molar-refractivity contribution >= 4 is 39.5 Å². The fourth-order valence-corrected chi connectivity index (χ4v) is 12.1. The van der Waals surface area contributed by atoms with Crippen LogP contribution in [-0.4, -0.2) is 96.7 Å². The Balaban J connectivity index is 5.51. The van der Waals surface area contributed by atoms with E-state index in [0.29, 0.717) is 38.5 Å². The molecule has 19 heteroatoms. The molecule has 2 unspecified atom stereocenters. The van der Waals surface area contributed by atoms with E-state index < -0.39 is 97.5 Å². The maximum absolute atomic E-state index is 13.1. The lowest BCUT2D eigenvalue weighted by Crippen LogP contribution is -2.30. The van der Waals surface area contributed by atoms with Crippen LogP contribution >= 0.6 is 15.6 Å². The first-order valence-electron chi connectivity index (χ1n) is 41.7. The Bertz CT molecular complexity index is 2660. The molecule has 17 nitrogen and oxygen atoms in total. The van der Waals surface area contributed by atoms with Crippen molar-refractivity contribution in [2.75, 3.05) is 39.6 Å². The lowest BCUT2D eigenvalue weighted by molar-refractivity contribution is -0.161. The molecule has 0 aliphatic rings. The third-order valence-corrected chi connectivity index (χ3v) is 18.9. The number of hydrogen-bond acceptors (Lipinski definition) is 15. The Labute approximate surface area is 655 Å². The average Bonchev–Trinajstić information content (AvgIpc) is 0.923. The van der Waals surface area contributed by atoms with Gasteiger partial charge in [0, 0.05) is 25.7 Å². The summed E-state index contributed by atoms with van der Waals surface area (Å²) < 4.78 is 68.5. The van der Waals surface area contributed by atoms with Crippen LogP contribution in [0.5, 0.6) is 0 Å². The number of esters is 4. The first kappa shape index (κ1) is 103. The molecule has 0 fully saturated rings. The van der Waals surface area contributed by atoms with Crippen LogP contribution in [-0.2, 0) is 65.4 Å². The second-order valence-electron chi connectivity index (χ2n) is 27.3. The number of ether oxygens (including phenoxy) is 4. The zero-order chi connectivity index (χ0) is 78.9. The zero-order valence-corrected chi connectivity index (χ0v) is 69.3. The van der Waals surface area contributed by atoms with Crippen molar-refractivity contribution in [3.8, 4) is 0 Å². The largest absolute Gasteiger partial charge is 0.472 e. The standard InChI is InChI=1S/C89H148O17P2/c1-5-9-13-17-21-25-29-33-37-39-41-43-47-49-53-57-61-65-69-73-86(91)99-79-84(105-88(93)75-71-67-63-59-55-51-45-35-31-27-23-19-15-11-7-3)81-103-107(95,96)101-77-83(90)78-102-108(97,98)104-82-85(106-89(94)76-72-68-64-60-56-52-46-36-32-28-24-20-16-12-8-4)80-100-87(92)74-70-66-62-58-54-50-48-44-42-40-38-34-30-26-22-18-14-10-6-2/h21-23,25-27,33-38,41-46,49-50,53-54,61-62,65-66,83-85,90H,5-20,24,28-32,39-40,47-48,51-52,55-60,63-64,67-82H2,1-4H3,(H,95,96)(H,97,98)/b25-21-,26-22-,27-23-,37-33-,38-34-,43-41-,44-42-,45-35-,46-36-,53-49-,54-50-,65-61-,66-62-/t83-,84-,85-/m1/s1. The van der Waals surface area contributed by atoms with Crippen molar-refractivity contribution in [2.45, 2.75) is 341 Å². The number of phosphoric ester groups is 2. The fourth-order valence-electron chi connectivity index (χ4n) is 10.6. The Morgan fingerprint density at radius 3 is 0.759 bits per heavy atom. The molecule has 0 bridgehead atoms. The molecule has 616 valence electrons. The van der Waals surface area contributed by atoms with Crippen molar-refractivity contribution in [3.63, 3.8) is 0 Å². The summed E-state index contributed by atoms with van der Waals surface area (Å²) in [7, 11) is -10.0. The second kappa shape index (κ2) is 79.8. The molecule has 0 saturated heterocycles. The monoisotopic (exact) mass is 1550 g/mol. The molecule has 0 aliphatic carbocycles. The third kappa shape index (κ3) is 78.8. The molecule has 0 spiro atoms.